The average molecular weight is 248 g/mol. The molecule has 1 aliphatic carbocycles. The lowest BCUT2D eigenvalue weighted by Crippen LogP contribution is -2.26. The Hall–Kier alpha value is -1.02. The summed E-state index contributed by atoms with van der Waals surface area (Å²) >= 11 is 0. The van der Waals surface area contributed by atoms with Gasteiger partial charge in [-0.05, 0) is 43.4 Å². The highest BCUT2D eigenvalue weighted by molar-refractivity contribution is 5.27. The van der Waals surface area contributed by atoms with Crippen LogP contribution in [0.3, 0.4) is 0 Å². The number of aliphatic hydroxyl groups excluding tert-OH is 1. The summed E-state index contributed by atoms with van der Waals surface area (Å²) in [6, 6.07) is 8.12. The van der Waals surface area contributed by atoms with Gasteiger partial charge in [-0.1, -0.05) is 31.4 Å². The Morgan fingerprint density at radius 3 is 2.72 bits per heavy atom. The predicted octanol–water partition coefficient (Wildman–Crippen LogP) is 3.56. The van der Waals surface area contributed by atoms with Crippen LogP contribution in [-0.2, 0) is 0 Å². The van der Waals surface area contributed by atoms with E-state index in [9.17, 15) is 5.11 Å². The maximum atomic E-state index is 9.53. The monoisotopic (exact) mass is 248 g/mol. The number of aryl methyl sites for hydroxylation is 1. The summed E-state index contributed by atoms with van der Waals surface area (Å²) in [7, 11) is 0. The normalized spacial score (nSPS) is 18.6. The van der Waals surface area contributed by atoms with Crippen LogP contribution in [-0.4, -0.2) is 18.3 Å². The van der Waals surface area contributed by atoms with E-state index in [1.165, 1.54) is 37.7 Å². The third-order valence-electron chi connectivity index (χ3n) is 4.00. The van der Waals surface area contributed by atoms with Gasteiger partial charge in [0.15, 0.2) is 0 Å². The van der Waals surface area contributed by atoms with Gasteiger partial charge in [-0.2, -0.15) is 0 Å². The van der Waals surface area contributed by atoms with Crippen LogP contribution in [0.1, 0.15) is 37.7 Å². The van der Waals surface area contributed by atoms with E-state index >= 15 is 0 Å². The van der Waals surface area contributed by atoms with E-state index < -0.39 is 0 Å². The Labute approximate surface area is 110 Å². The molecule has 1 aromatic carbocycles. The number of hydrogen-bond acceptors (Lipinski definition) is 2. The molecule has 0 bridgehead atoms. The van der Waals surface area contributed by atoms with Crippen molar-refractivity contribution in [3.05, 3.63) is 29.8 Å². The molecule has 0 spiro atoms. The van der Waals surface area contributed by atoms with Crippen LogP contribution in [0.4, 0.5) is 0 Å². The van der Waals surface area contributed by atoms with Crippen LogP contribution in [0.15, 0.2) is 24.3 Å². The molecule has 0 amide bonds. The first-order valence-corrected chi connectivity index (χ1v) is 7.10. The molecule has 1 aliphatic rings. The van der Waals surface area contributed by atoms with Crippen molar-refractivity contribution in [1.82, 2.24) is 0 Å². The van der Waals surface area contributed by atoms with Crippen molar-refractivity contribution in [2.45, 2.75) is 39.0 Å². The molecule has 2 heteroatoms. The van der Waals surface area contributed by atoms with Gasteiger partial charge in [-0.3, -0.25) is 0 Å². The zero-order valence-corrected chi connectivity index (χ0v) is 11.3. The van der Waals surface area contributed by atoms with Crippen LogP contribution in [0, 0.1) is 18.8 Å². The highest BCUT2D eigenvalue weighted by Gasteiger charge is 2.23. The Kier molecular flexibility index (Phi) is 5.06. The zero-order chi connectivity index (χ0) is 12.8. The summed E-state index contributed by atoms with van der Waals surface area (Å²) < 4.78 is 5.83. The fraction of sp³-hybridized carbons (Fsp3) is 0.625. The fourth-order valence-corrected chi connectivity index (χ4v) is 2.85. The van der Waals surface area contributed by atoms with Gasteiger partial charge in [0.05, 0.1) is 6.61 Å². The Morgan fingerprint density at radius 2 is 2.06 bits per heavy atom. The van der Waals surface area contributed by atoms with Gasteiger partial charge in [-0.15, -0.1) is 0 Å². The van der Waals surface area contributed by atoms with E-state index in [0.29, 0.717) is 18.4 Å². The minimum absolute atomic E-state index is 0.247. The van der Waals surface area contributed by atoms with E-state index in [0.717, 1.165) is 5.75 Å². The van der Waals surface area contributed by atoms with Crippen LogP contribution in [0.2, 0.25) is 0 Å². The summed E-state index contributed by atoms with van der Waals surface area (Å²) in [6.45, 7) is 2.96. The van der Waals surface area contributed by atoms with Crippen molar-refractivity contribution in [3.8, 4) is 5.75 Å². The number of rotatable bonds is 5. The second kappa shape index (κ2) is 6.79. The van der Waals surface area contributed by atoms with Gasteiger partial charge in [0.2, 0.25) is 0 Å². The molecule has 0 aliphatic heterocycles. The average Bonchev–Trinajstić information content (AvgIpc) is 2.41. The summed E-state index contributed by atoms with van der Waals surface area (Å²) in [5, 5.41) is 9.53. The molecule has 1 unspecified atom stereocenters. The predicted molar refractivity (Wildman–Crippen MR) is 73.8 cm³/mol. The third kappa shape index (κ3) is 3.74. The third-order valence-corrected chi connectivity index (χ3v) is 4.00. The molecule has 100 valence electrons. The highest BCUT2D eigenvalue weighted by Crippen LogP contribution is 2.30. The van der Waals surface area contributed by atoms with Gasteiger partial charge in [0.25, 0.3) is 0 Å². The van der Waals surface area contributed by atoms with Gasteiger partial charge >= 0.3 is 0 Å². The molecule has 1 fully saturated rings. The van der Waals surface area contributed by atoms with Crippen LogP contribution in [0.25, 0.3) is 0 Å². The lowest BCUT2D eigenvalue weighted by molar-refractivity contribution is 0.0983. The van der Waals surface area contributed by atoms with Crippen LogP contribution >= 0.6 is 0 Å². The van der Waals surface area contributed by atoms with Gasteiger partial charge in [-0.25, -0.2) is 0 Å². The lowest BCUT2D eigenvalue weighted by atomic mass is 9.81. The van der Waals surface area contributed by atoms with Gasteiger partial charge < -0.3 is 9.84 Å². The van der Waals surface area contributed by atoms with Gasteiger partial charge in [0, 0.05) is 12.5 Å². The Morgan fingerprint density at radius 1 is 1.28 bits per heavy atom. The highest BCUT2D eigenvalue weighted by atomic mass is 16.5. The molecule has 0 heterocycles. The summed E-state index contributed by atoms with van der Waals surface area (Å²) in [5.74, 6) is 1.86. The summed E-state index contributed by atoms with van der Waals surface area (Å²) in [6.07, 6.45) is 6.48. The second-order valence-electron chi connectivity index (χ2n) is 5.47. The molecule has 1 aromatic rings. The molecule has 1 atom stereocenters. The molecule has 2 rings (SSSR count). The van der Waals surface area contributed by atoms with Crippen molar-refractivity contribution in [2.75, 3.05) is 13.2 Å². The number of ether oxygens (including phenoxy) is 1. The maximum Gasteiger partial charge on any atom is 0.119 e. The first kappa shape index (κ1) is 13.4. The second-order valence-corrected chi connectivity index (χ2v) is 5.47. The topological polar surface area (TPSA) is 29.5 Å². The van der Waals surface area contributed by atoms with Crippen molar-refractivity contribution in [3.63, 3.8) is 0 Å². The van der Waals surface area contributed by atoms with Gasteiger partial charge in [0.1, 0.15) is 5.75 Å². The smallest absolute Gasteiger partial charge is 0.119 e. The zero-order valence-electron chi connectivity index (χ0n) is 11.3. The molecule has 0 aromatic heterocycles. The first-order valence-electron chi connectivity index (χ1n) is 7.10. The molecule has 18 heavy (non-hydrogen) atoms. The largest absolute Gasteiger partial charge is 0.493 e. The fourth-order valence-electron chi connectivity index (χ4n) is 2.85. The minimum Gasteiger partial charge on any atom is -0.493 e. The first-order chi connectivity index (χ1) is 8.79. The minimum atomic E-state index is 0.247. The van der Waals surface area contributed by atoms with Crippen molar-refractivity contribution >= 4 is 0 Å². The van der Waals surface area contributed by atoms with Crippen LogP contribution < -0.4 is 4.74 Å². The lowest BCUT2D eigenvalue weighted by Gasteiger charge is -2.28. The molecular formula is C16H24O2. The van der Waals surface area contributed by atoms with E-state index in [2.05, 4.69) is 19.1 Å². The summed E-state index contributed by atoms with van der Waals surface area (Å²) in [5.41, 5.74) is 1.21. The SMILES string of the molecule is Cc1cccc(OCC(CO)C2CCCCC2)c1. The van der Waals surface area contributed by atoms with E-state index in [1.54, 1.807) is 0 Å². The molecule has 0 radical (unpaired) electrons. The molecular weight excluding hydrogens is 224 g/mol. The number of benzene rings is 1. The van der Waals surface area contributed by atoms with E-state index in [-0.39, 0.29) is 6.61 Å². The van der Waals surface area contributed by atoms with Crippen molar-refractivity contribution in [2.24, 2.45) is 11.8 Å². The standard InChI is InChI=1S/C16H24O2/c1-13-6-5-9-16(10-13)18-12-15(11-17)14-7-3-2-4-8-14/h5-6,9-10,14-15,17H,2-4,7-8,11-12H2,1H3. The molecule has 1 N–H and O–H groups in total. The summed E-state index contributed by atoms with van der Waals surface area (Å²) in [4.78, 5) is 0. The number of aliphatic hydroxyl groups is 1. The van der Waals surface area contributed by atoms with Crippen molar-refractivity contribution in [1.29, 1.82) is 0 Å². The molecule has 2 nitrogen and oxygen atoms in total. The molecule has 0 saturated heterocycles. The Balaban J connectivity index is 1.86. The maximum absolute atomic E-state index is 9.53. The van der Waals surface area contributed by atoms with Crippen LogP contribution in [0.5, 0.6) is 5.75 Å². The Bertz CT molecular complexity index is 356. The van der Waals surface area contributed by atoms with E-state index in [4.69, 9.17) is 4.74 Å². The van der Waals surface area contributed by atoms with Crippen molar-refractivity contribution < 1.29 is 9.84 Å². The number of hydrogen-bond donors (Lipinski definition) is 1. The molecule has 1 saturated carbocycles. The van der Waals surface area contributed by atoms with E-state index in [1.807, 2.05) is 12.1 Å². The quantitative estimate of drug-likeness (QED) is 0.863.